The molecule has 31 heavy (non-hydrogen) atoms. The number of hydrogen-bond donors (Lipinski definition) is 1. The van der Waals surface area contributed by atoms with E-state index in [2.05, 4.69) is 41.8 Å². The zero-order valence-corrected chi connectivity index (χ0v) is 19.3. The van der Waals surface area contributed by atoms with Crippen molar-refractivity contribution in [2.75, 3.05) is 6.54 Å². The molecular weight excluding hydrogens is 458 g/mol. The van der Waals surface area contributed by atoms with Crippen LogP contribution in [0.1, 0.15) is 58.4 Å². The minimum Gasteiger partial charge on any atom is -0.476 e. The third-order valence-corrected chi connectivity index (χ3v) is 6.14. The number of nitrogens with zero attached hydrogens (tertiary/aromatic N) is 3. The molecule has 3 aromatic rings. The predicted octanol–water partition coefficient (Wildman–Crippen LogP) is 4.83. The summed E-state index contributed by atoms with van der Waals surface area (Å²) in [5, 5.41) is 14.1. The van der Waals surface area contributed by atoms with E-state index in [0.29, 0.717) is 24.1 Å². The summed E-state index contributed by atoms with van der Waals surface area (Å²) in [6.07, 6.45) is 0.539. The zero-order chi connectivity index (χ0) is 22.3. The van der Waals surface area contributed by atoms with Crippen molar-refractivity contribution in [2.24, 2.45) is 0 Å². The second-order valence-corrected chi connectivity index (χ2v) is 9.69. The smallest absolute Gasteiger partial charge is 0.356 e. The Morgan fingerprint density at radius 3 is 2.26 bits per heavy atom. The first-order valence-electron chi connectivity index (χ1n) is 10.1. The molecule has 160 valence electrons. The van der Waals surface area contributed by atoms with Crippen LogP contribution in [-0.2, 0) is 18.4 Å². The molecule has 0 aliphatic carbocycles. The molecule has 1 aliphatic heterocycles. The van der Waals surface area contributed by atoms with Gasteiger partial charge in [-0.25, -0.2) is 9.48 Å². The van der Waals surface area contributed by atoms with Crippen LogP contribution < -0.4 is 0 Å². The number of aromatic carboxylic acids is 1. The van der Waals surface area contributed by atoms with E-state index in [4.69, 9.17) is 0 Å². The van der Waals surface area contributed by atoms with Gasteiger partial charge in [0.25, 0.3) is 5.91 Å². The summed E-state index contributed by atoms with van der Waals surface area (Å²) in [5.74, 6) is -1.19. The third kappa shape index (κ3) is 4.14. The number of carboxylic acids is 1. The molecular formula is C24H24BrN3O3. The molecule has 0 fully saturated rings. The zero-order valence-electron chi connectivity index (χ0n) is 17.7. The van der Waals surface area contributed by atoms with Gasteiger partial charge in [0.2, 0.25) is 0 Å². The number of aromatic nitrogens is 2. The summed E-state index contributed by atoms with van der Waals surface area (Å²) in [6.45, 7) is 7.13. The lowest BCUT2D eigenvalue weighted by Gasteiger charge is -2.28. The van der Waals surface area contributed by atoms with Crippen LogP contribution in [0.3, 0.4) is 0 Å². The van der Waals surface area contributed by atoms with Crippen LogP contribution in [-0.4, -0.2) is 38.2 Å². The second-order valence-electron chi connectivity index (χ2n) is 8.77. The van der Waals surface area contributed by atoms with Crippen LogP contribution in [0.2, 0.25) is 0 Å². The Morgan fingerprint density at radius 2 is 1.68 bits per heavy atom. The van der Waals surface area contributed by atoms with Crippen molar-refractivity contribution < 1.29 is 14.7 Å². The number of carbonyl (C=O) groups excluding carboxylic acids is 1. The van der Waals surface area contributed by atoms with Crippen molar-refractivity contribution in [2.45, 2.75) is 39.2 Å². The van der Waals surface area contributed by atoms with Crippen LogP contribution in [0.15, 0.2) is 53.0 Å². The maximum atomic E-state index is 13.1. The molecule has 2 heterocycles. The molecule has 6 nitrogen and oxygen atoms in total. The maximum absolute atomic E-state index is 13.1. The molecule has 0 atom stereocenters. The summed E-state index contributed by atoms with van der Waals surface area (Å²) in [5.41, 5.74) is 4.01. The van der Waals surface area contributed by atoms with Gasteiger partial charge in [0.1, 0.15) is 0 Å². The highest BCUT2D eigenvalue weighted by Crippen LogP contribution is 2.28. The minimum atomic E-state index is -1.09. The number of hydrogen-bond acceptors (Lipinski definition) is 3. The van der Waals surface area contributed by atoms with Crippen molar-refractivity contribution in [1.29, 1.82) is 0 Å². The van der Waals surface area contributed by atoms with Crippen molar-refractivity contribution in [3.05, 3.63) is 81.1 Å². The largest absolute Gasteiger partial charge is 0.476 e. The molecule has 1 aliphatic rings. The first kappa shape index (κ1) is 21.3. The maximum Gasteiger partial charge on any atom is 0.356 e. The van der Waals surface area contributed by atoms with E-state index in [9.17, 15) is 14.7 Å². The van der Waals surface area contributed by atoms with Crippen LogP contribution in [0.4, 0.5) is 0 Å². The van der Waals surface area contributed by atoms with Gasteiger partial charge < -0.3 is 10.0 Å². The highest BCUT2D eigenvalue weighted by Gasteiger charge is 2.31. The number of fused-ring (bicyclic) bond motifs is 1. The van der Waals surface area contributed by atoms with Gasteiger partial charge in [-0.05, 0) is 47.4 Å². The fraction of sp³-hybridized carbons (Fsp3) is 0.292. The molecule has 0 unspecified atom stereocenters. The Bertz CT molecular complexity index is 1140. The van der Waals surface area contributed by atoms with Gasteiger partial charge in [-0.1, -0.05) is 48.8 Å². The van der Waals surface area contributed by atoms with Gasteiger partial charge in [-0.3, -0.25) is 4.79 Å². The van der Waals surface area contributed by atoms with Crippen LogP contribution in [0, 0.1) is 0 Å². The molecule has 0 bridgehead atoms. The molecule has 1 aromatic heterocycles. The van der Waals surface area contributed by atoms with Crippen molar-refractivity contribution >= 4 is 27.8 Å². The SMILES string of the molecule is CC(C)(C)c1ccc(C(=O)N2CCc3c(c(C(=O)O)nn3-c3ccc(Br)cc3)C2)cc1. The van der Waals surface area contributed by atoms with E-state index in [1.807, 2.05) is 48.5 Å². The summed E-state index contributed by atoms with van der Waals surface area (Å²) < 4.78 is 2.62. The van der Waals surface area contributed by atoms with Gasteiger partial charge in [0, 0.05) is 28.6 Å². The molecule has 7 heteroatoms. The molecule has 4 rings (SSSR count). The lowest BCUT2D eigenvalue weighted by Crippen LogP contribution is -2.36. The number of carboxylic acid groups (broad SMARTS) is 1. The van der Waals surface area contributed by atoms with Crippen LogP contribution in [0.25, 0.3) is 5.69 Å². The van der Waals surface area contributed by atoms with E-state index in [1.54, 1.807) is 9.58 Å². The van der Waals surface area contributed by atoms with E-state index in [0.717, 1.165) is 21.4 Å². The number of amides is 1. The Hall–Kier alpha value is -2.93. The van der Waals surface area contributed by atoms with Gasteiger partial charge in [0.15, 0.2) is 5.69 Å². The van der Waals surface area contributed by atoms with E-state index in [1.165, 1.54) is 0 Å². The monoisotopic (exact) mass is 481 g/mol. The van der Waals surface area contributed by atoms with E-state index < -0.39 is 5.97 Å². The lowest BCUT2D eigenvalue weighted by molar-refractivity contribution is 0.0674. The lowest BCUT2D eigenvalue weighted by atomic mass is 9.86. The molecule has 0 radical (unpaired) electrons. The number of rotatable bonds is 3. The van der Waals surface area contributed by atoms with Crippen LogP contribution >= 0.6 is 15.9 Å². The number of carbonyl (C=O) groups is 2. The van der Waals surface area contributed by atoms with E-state index in [-0.39, 0.29) is 23.6 Å². The van der Waals surface area contributed by atoms with Gasteiger partial charge in [-0.2, -0.15) is 5.10 Å². The fourth-order valence-electron chi connectivity index (χ4n) is 3.86. The molecule has 2 aromatic carbocycles. The predicted molar refractivity (Wildman–Crippen MR) is 122 cm³/mol. The minimum absolute atomic E-state index is 0.00139. The summed E-state index contributed by atoms with van der Waals surface area (Å²) in [6, 6.07) is 15.2. The summed E-state index contributed by atoms with van der Waals surface area (Å²) in [4.78, 5) is 26.7. The molecule has 0 saturated carbocycles. The molecule has 0 spiro atoms. The summed E-state index contributed by atoms with van der Waals surface area (Å²) in [7, 11) is 0. The van der Waals surface area contributed by atoms with Crippen molar-refractivity contribution in [1.82, 2.24) is 14.7 Å². The number of halogens is 1. The average Bonchev–Trinajstić information content (AvgIpc) is 3.12. The average molecular weight is 482 g/mol. The molecule has 0 saturated heterocycles. The Balaban J connectivity index is 1.64. The van der Waals surface area contributed by atoms with E-state index >= 15 is 0 Å². The first-order chi connectivity index (χ1) is 14.6. The first-order valence-corrected chi connectivity index (χ1v) is 10.9. The van der Waals surface area contributed by atoms with Crippen molar-refractivity contribution in [3.8, 4) is 5.69 Å². The van der Waals surface area contributed by atoms with Crippen molar-refractivity contribution in [3.63, 3.8) is 0 Å². The highest BCUT2D eigenvalue weighted by atomic mass is 79.9. The quantitative estimate of drug-likeness (QED) is 0.581. The molecule has 1 amide bonds. The van der Waals surface area contributed by atoms with Gasteiger partial charge >= 0.3 is 5.97 Å². The van der Waals surface area contributed by atoms with Gasteiger partial charge in [0.05, 0.1) is 17.9 Å². The van der Waals surface area contributed by atoms with Crippen LogP contribution in [0.5, 0.6) is 0 Å². The highest BCUT2D eigenvalue weighted by molar-refractivity contribution is 9.10. The molecule has 1 N–H and O–H groups in total. The normalized spacial score (nSPS) is 13.7. The Labute approximate surface area is 189 Å². The Morgan fingerprint density at radius 1 is 1.03 bits per heavy atom. The Kier molecular flexibility index (Phi) is 5.47. The standard InChI is InChI=1S/C24H24BrN3O3/c1-24(2,3)16-6-4-15(5-7-16)22(29)27-13-12-20-19(14-27)21(23(30)31)26-28(20)18-10-8-17(25)9-11-18/h4-11H,12-14H2,1-3H3,(H,30,31). The van der Waals surface area contributed by atoms with Gasteiger partial charge in [-0.15, -0.1) is 0 Å². The third-order valence-electron chi connectivity index (χ3n) is 5.62. The number of benzene rings is 2. The second kappa shape index (κ2) is 7.96. The fourth-order valence-corrected chi connectivity index (χ4v) is 4.12. The topological polar surface area (TPSA) is 75.4 Å². The summed E-state index contributed by atoms with van der Waals surface area (Å²) >= 11 is 3.41.